The molecule has 0 saturated carbocycles. The van der Waals surface area contributed by atoms with Crippen molar-refractivity contribution in [2.45, 2.75) is 6.61 Å². The second kappa shape index (κ2) is 8.12. The van der Waals surface area contributed by atoms with Gasteiger partial charge < -0.3 is 10.5 Å². The van der Waals surface area contributed by atoms with E-state index in [1.54, 1.807) is 18.2 Å². The summed E-state index contributed by atoms with van der Waals surface area (Å²) < 4.78 is 33.1. The van der Waals surface area contributed by atoms with Crippen molar-refractivity contribution in [2.75, 3.05) is 0 Å². The smallest absolute Gasteiger partial charge is 0.286 e. The summed E-state index contributed by atoms with van der Waals surface area (Å²) in [7, 11) is 0. The highest BCUT2D eigenvalue weighted by molar-refractivity contribution is 5.89. The third-order valence-corrected chi connectivity index (χ3v) is 4.43. The van der Waals surface area contributed by atoms with E-state index in [4.69, 9.17) is 10.5 Å². The van der Waals surface area contributed by atoms with Crippen molar-refractivity contribution in [1.82, 2.24) is 15.2 Å². The van der Waals surface area contributed by atoms with Crippen LogP contribution in [-0.4, -0.2) is 21.1 Å². The number of nitrogens with two attached hydrogens (primary N) is 1. The fourth-order valence-electron chi connectivity index (χ4n) is 2.97. The van der Waals surface area contributed by atoms with Crippen molar-refractivity contribution in [1.29, 1.82) is 0 Å². The van der Waals surface area contributed by atoms with E-state index < -0.39 is 17.5 Å². The van der Waals surface area contributed by atoms with E-state index in [2.05, 4.69) is 15.2 Å². The van der Waals surface area contributed by atoms with E-state index in [-0.39, 0.29) is 18.0 Å². The van der Waals surface area contributed by atoms with Gasteiger partial charge in [-0.3, -0.25) is 9.89 Å². The summed E-state index contributed by atoms with van der Waals surface area (Å²) in [4.78, 5) is 15.3. The average molecular weight is 406 g/mol. The fraction of sp³-hybridized carbons (Fsp3) is 0.0455. The van der Waals surface area contributed by atoms with Gasteiger partial charge in [-0.05, 0) is 35.9 Å². The number of carbonyl (C=O) groups excluding carboxylic acids is 1. The van der Waals surface area contributed by atoms with Crippen molar-refractivity contribution in [3.05, 3.63) is 89.8 Å². The Morgan fingerprint density at radius 1 is 1.00 bits per heavy atom. The summed E-state index contributed by atoms with van der Waals surface area (Å²) >= 11 is 0. The van der Waals surface area contributed by atoms with Crippen LogP contribution in [0, 0.1) is 11.6 Å². The number of rotatable bonds is 6. The van der Waals surface area contributed by atoms with Crippen LogP contribution in [-0.2, 0) is 6.61 Å². The monoisotopic (exact) mass is 406 g/mol. The summed E-state index contributed by atoms with van der Waals surface area (Å²) in [6.45, 7) is -0.122. The first-order valence-corrected chi connectivity index (χ1v) is 9.00. The molecule has 1 aromatic heterocycles. The highest BCUT2D eigenvalue weighted by Gasteiger charge is 2.13. The van der Waals surface area contributed by atoms with Gasteiger partial charge in [-0.1, -0.05) is 36.4 Å². The lowest BCUT2D eigenvalue weighted by atomic mass is 10.0. The molecule has 0 fully saturated rings. The van der Waals surface area contributed by atoms with Gasteiger partial charge in [-0.2, -0.15) is 5.10 Å². The number of aromatic nitrogens is 3. The molecule has 4 aromatic rings. The minimum atomic E-state index is -0.701. The van der Waals surface area contributed by atoms with Gasteiger partial charge in [0.15, 0.2) is 5.82 Å². The van der Waals surface area contributed by atoms with Crippen molar-refractivity contribution in [2.24, 2.45) is 5.73 Å². The van der Waals surface area contributed by atoms with Crippen LogP contribution in [0.1, 0.15) is 16.2 Å². The number of halogens is 2. The topological polar surface area (TPSA) is 93.9 Å². The summed E-state index contributed by atoms with van der Waals surface area (Å²) in [5.41, 5.74) is 7.55. The van der Waals surface area contributed by atoms with Crippen molar-refractivity contribution in [3.63, 3.8) is 0 Å². The first-order chi connectivity index (χ1) is 14.5. The van der Waals surface area contributed by atoms with Gasteiger partial charge in [0, 0.05) is 16.7 Å². The molecule has 150 valence electrons. The zero-order valence-electron chi connectivity index (χ0n) is 15.6. The number of aromatic amines is 1. The second-order valence-corrected chi connectivity index (χ2v) is 6.47. The minimum absolute atomic E-state index is 0.0312. The Kier molecular flexibility index (Phi) is 5.21. The zero-order chi connectivity index (χ0) is 21.1. The van der Waals surface area contributed by atoms with Gasteiger partial charge in [0.05, 0.1) is 0 Å². The maximum atomic E-state index is 13.9. The summed E-state index contributed by atoms with van der Waals surface area (Å²) in [5.74, 6) is -0.968. The van der Waals surface area contributed by atoms with Crippen LogP contribution in [0.3, 0.4) is 0 Å². The molecule has 3 N–H and O–H groups in total. The van der Waals surface area contributed by atoms with Gasteiger partial charge in [0.1, 0.15) is 24.0 Å². The third-order valence-electron chi connectivity index (χ3n) is 4.43. The molecule has 0 aliphatic carbocycles. The number of nitrogens with zero attached hydrogens (tertiary/aromatic N) is 2. The Balaban J connectivity index is 1.63. The van der Waals surface area contributed by atoms with E-state index in [1.807, 2.05) is 30.3 Å². The lowest BCUT2D eigenvalue weighted by Crippen LogP contribution is -2.12. The number of primary amides is 1. The Morgan fingerprint density at radius 3 is 2.60 bits per heavy atom. The number of nitrogens with one attached hydrogen (secondary N) is 1. The fourth-order valence-corrected chi connectivity index (χ4v) is 2.97. The lowest BCUT2D eigenvalue weighted by molar-refractivity contribution is 0.0991. The van der Waals surface area contributed by atoms with Crippen LogP contribution < -0.4 is 10.5 Å². The molecule has 3 aromatic carbocycles. The maximum absolute atomic E-state index is 13.9. The Labute approximate surface area is 170 Å². The maximum Gasteiger partial charge on any atom is 0.286 e. The van der Waals surface area contributed by atoms with E-state index in [9.17, 15) is 13.6 Å². The predicted molar refractivity (Wildman–Crippen MR) is 106 cm³/mol. The highest BCUT2D eigenvalue weighted by atomic mass is 19.1. The first kappa shape index (κ1) is 19.3. The van der Waals surface area contributed by atoms with Crippen LogP contribution in [0.25, 0.3) is 22.5 Å². The lowest BCUT2D eigenvalue weighted by Gasteiger charge is -2.13. The van der Waals surface area contributed by atoms with Crippen molar-refractivity contribution >= 4 is 5.91 Å². The molecule has 0 radical (unpaired) electrons. The Hall–Kier alpha value is -4.07. The second-order valence-electron chi connectivity index (χ2n) is 6.47. The molecule has 0 spiro atoms. The Bertz CT molecular complexity index is 1220. The number of hydrogen-bond acceptors (Lipinski definition) is 4. The van der Waals surface area contributed by atoms with Crippen molar-refractivity contribution < 1.29 is 18.3 Å². The van der Waals surface area contributed by atoms with Crippen LogP contribution >= 0.6 is 0 Å². The zero-order valence-corrected chi connectivity index (χ0v) is 15.6. The van der Waals surface area contributed by atoms with Crippen molar-refractivity contribution in [3.8, 4) is 28.3 Å². The van der Waals surface area contributed by atoms with Gasteiger partial charge in [0.25, 0.3) is 5.91 Å². The number of carbonyl (C=O) groups is 1. The normalized spacial score (nSPS) is 10.7. The molecule has 0 aliphatic heterocycles. The number of H-pyrrole nitrogens is 1. The van der Waals surface area contributed by atoms with Gasteiger partial charge in [-0.15, -0.1) is 0 Å². The van der Waals surface area contributed by atoms with Crippen LogP contribution in [0.4, 0.5) is 8.78 Å². The average Bonchev–Trinajstić information content (AvgIpc) is 3.25. The predicted octanol–water partition coefficient (Wildman–Crippen LogP) is 4.09. The third kappa shape index (κ3) is 4.02. The van der Waals surface area contributed by atoms with Crippen LogP contribution in [0.5, 0.6) is 5.75 Å². The molecule has 0 atom stereocenters. The highest BCUT2D eigenvalue weighted by Crippen LogP contribution is 2.32. The first-order valence-electron chi connectivity index (χ1n) is 9.00. The molecule has 0 aliphatic rings. The van der Waals surface area contributed by atoms with Gasteiger partial charge in [-0.25, -0.2) is 13.8 Å². The number of amides is 1. The largest absolute Gasteiger partial charge is 0.488 e. The molecule has 30 heavy (non-hydrogen) atoms. The number of ether oxygens (including phenoxy) is 1. The molecule has 4 rings (SSSR count). The minimum Gasteiger partial charge on any atom is -0.488 e. The summed E-state index contributed by atoms with van der Waals surface area (Å²) in [5, 5.41) is 6.51. The Morgan fingerprint density at radius 2 is 1.80 bits per heavy atom. The number of hydrogen-bond donors (Lipinski definition) is 2. The van der Waals surface area contributed by atoms with Crippen LogP contribution in [0.15, 0.2) is 66.7 Å². The standard InChI is InChI=1S/C22H16F2N4O2/c23-16-8-9-18(24)15(11-16)12-30-19-7-2-1-6-17(19)13-4-3-5-14(10-13)21-26-22(20(25)29)28-27-21/h1-11H,12H2,(H2,25,29)(H,26,27,28). The van der Waals surface area contributed by atoms with Crippen LogP contribution in [0.2, 0.25) is 0 Å². The molecular weight excluding hydrogens is 390 g/mol. The van der Waals surface area contributed by atoms with Gasteiger partial charge >= 0.3 is 0 Å². The molecule has 6 nitrogen and oxygen atoms in total. The van der Waals surface area contributed by atoms with E-state index in [0.29, 0.717) is 17.1 Å². The quantitative estimate of drug-likeness (QED) is 0.504. The van der Waals surface area contributed by atoms with E-state index in [1.165, 1.54) is 0 Å². The number of benzene rings is 3. The van der Waals surface area contributed by atoms with Gasteiger partial charge in [0.2, 0.25) is 5.82 Å². The molecule has 1 heterocycles. The molecule has 8 heteroatoms. The van der Waals surface area contributed by atoms with E-state index in [0.717, 1.165) is 29.3 Å². The number of para-hydroxylation sites is 1. The SMILES string of the molecule is NC(=O)c1nc(-c2cccc(-c3ccccc3OCc3cc(F)ccc3F)c2)n[nH]1. The molecule has 0 bridgehead atoms. The molecule has 0 unspecified atom stereocenters. The molecular formula is C22H16F2N4O2. The van der Waals surface area contributed by atoms with E-state index >= 15 is 0 Å². The molecule has 0 saturated heterocycles. The summed E-state index contributed by atoms with van der Waals surface area (Å²) in [6.07, 6.45) is 0. The molecule has 1 amide bonds. The summed E-state index contributed by atoms with van der Waals surface area (Å²) in [6, 6.07) is 17.8.